The Morgan fingerprint density at radius 3 is 2.30 bits per heavy atom. The van der Waals surface area contributed by atoms with E-state index in [1.807, 2.05) is 14.1 Å². The van der Waals surface area contributed by atoms with E-state index in [1.165, 1.54) is 0 Å². The van der Waals surface area contributed by atoms with Gasteiger partial charge >= 0.3 is 0 Å². The third-order valence-electron chi connectivity index (χ3n) is 4.72. The van der Waals surface area contributed by atoms with Gasteiger partial charge < -0.3 is 15.5 Å². The highest BCUT2D eigenvalue weighted by atomic mass is 16.6. The van der Waals surface area contributed by atoms with Crippen molar-refractivity contribution in [1.29, 1.82) is 0 Å². The maximum atomic E-state index is 10.8. The number of nitrogens with zero attached hydrogens (tertiary/aromatic N) is 7. The van der Waals surface area contributed by atoms with Gasteiger partial charge in [0.15, 0.2) is 5.82 Å². The summed E-state index contributed by atoms with van der Waals surface area (Å²) >= 11 is 0. The smallest absolute Gasteiger partial charge is 0.269 e. The van der Waals surface area contributed by atoms with Crippen LogP contribution in [-0.2, 0) is 0 Å². The first-order valence-electron chi connectivity index (χ1n) is 8.77. The SMILES string of the molecule is CC(c1nc(N)nc(N(C)C)n1)N1CCN(c2ccc([N+](=O)[O-])cc2)CC1. The van der Waals surface area contributed by atoms with Gasteiger partial charge in [0.2, 0.25) is 11.9 Å². The predicted octanol–water partition coefficient (Wildman–Crippen LogP) is 1.31. The molecule has 1 atom stereocenters. The minimum atomic E-state index is -0.383. The second-order valence-corrected chi connectivity index (χ2v) is 6.72. The number of hydrogen-bond donors (Lipinski definition) is 1. The molecule has 2 N–H and O–H groups in total. The lowest BCUT2D eigenvalue weighted by Crippen LogP contribution is -2.47. The molecule has 144 valence electrons. The minimum Gasteiger partial charge on any atom is -0.369 e. The van der Waals surface area contributed by atoms with Gasteiger partial charge in [0, 0.05) is 58.1 Å². The van der Waals surface area contributed by atoms with E-state index in [9.17, 15) is 10.1 Å². The summed E-state index contributed by atoms with van der Waals surface area (Å²) in [5.74, 6) is 1.43. The summed E-state index contributed by atoms with van der Waals surface area (Å²) < 4.78 is 0. The zero-order valence-electron chi connectivity index (χ0n) is 15.7. The van der Waals surface area contributed by atoms with E-state index in [0.717, 1.165) is 31.9 Å². The zero-order chi connectivity index (χ0) is 19.6. The topological polar surface area (TPSA) is 118 Å². The van der Waals surface area contributed by atoms with Crippen molar-refractivity contribution >= 4 is 23.3 Å². The van der Waals surface area contributed by atoms with Crippen LogP contribution in [0.2, 0.25) is 0 Å². The standard InChI is InChI=1S/C17H24N8O2/c1-12(15-19-16(18)21-17(20-15)22(2)3)23-8-10-24(11-9-23)13-4-6-14(7-5-13)25(26)27/h4-7,12H,8-11H2,1-3H3,(H2,18,19,20,21). The Morgan fingerprint density at radius 2 is 1.74 bits per heavy atom. The van der Waals surface area contributed by atoms with E-state index < -0.39 is 0 Å². The number of benzene rings is 1. The summed E-state index contributed by atoms with van der Waals surface area (Å²) in [6.45, 7) is 5.38. The molecular formula is C17H24N8O2. The molecule has 10 nitrogen and oxygen atoms in total. The molecule has 0 bridgehead atoms. The number of anilines is 3. The van der Waals surface area contributed by atoms with Gasteiger partial charge in [0.25, 0.3) is 5.69 Å². The van der Waals surface area contributed by atoms with Gasteiger partial charge in [0.1, 0.15) is 0 Å². The number of hydrogen-bond acceptors (Lipinski definition) is 9. The number of nitro benzene ring substituents is 1. The van der Waals surface area contributed by atoms with E-state index in [4.69, 9.17) is 5.73 Å². The molecule has 1 saturated heterocycles. The van der Waals surface area contributed by atoms with Crippen molar-refractivity contribution in [3.63, 3.8) is 0 Å². The predicted molar refractivity (Wildman–Crippen MR) is 104 cm³/mol. The number of nitrogen functional groups attached to an aromatic ring is 1. The highest BCUT2D eigenvalue weighted by Gasteiger charge is 2.25. The molecular weight excluding hydrogens is 348 g/mol. The molecule has 1 fully saturated rings. The van der Waals surface area contributed by atoms with E-state index in [0.29, 0.717) is 11.8 Å². The van der Waals surface area contributed by atoms with Crippen molar-refractivity contribution in [2.75, 3.05) is 55.8 Å². The fourth-order valence-corrected chi connectivity index (χ4v) is 3.10. The summed E-state index contributed by atoms with van der Waals surface area (Å²) in [5.41, 5.74) is 6.93. The van der Waals surface area contributed by atoms with Gasteiger partial charge in [-0.05, 0) is 19.1 Å². The van der Waals surface area contributed by atoms with Gasteiger partial charge in [-0.25, -0.2) is 0 Å². The average Bonchev–Trinajstić information content (AvgIpc) is 2.67. The van der Waals surface area contributed by atoms with E-state index >= 15 is 0 Å². The van der Waals surface area contributed by atoms with Gasteiger partial charge in [-0.3, -0.25) is 15.0 Å². The highest BCUT2D eigenvalue weighted by Crippen LogP contribution is 2.24. The van der Waals surface area contributed by atoms with Crippen LogP contribution in [0, 0.1) is 10.1 Å². The van der Waals surface area contributed by atoms with Crippen LogP contribution in [0.4, 0.5) is 23.3 Å². The Hall–Kier alpha value is -3.01. The Kier molecular flexibility index (Phi) is 5.36. The largest absolute Gasteiger partial charge is 0.369 e. The van der Waals surface area contributed by atoms with Crippen molar-refractivity contribution < 1.29 is 4.92 Å². The number of aromatic nitrogens is 3. The molecule has 1 aliphatic heterocycles. The van der Waals surface area contributed by atoms with Crippen molar-refractivity contribution in [2.24, 2.45) is 0 Å². The van der Waals surface area contributed by atoms with Gasteiger partial charge in [-0.2, -0.15) is 15.0 Å². The quantitative estimate of drug-likeness (QED) is 0.612. The molecule has 0 amide bonds. The first-order chi connectivity index (χ1) is 12.8. The highest BCUT2D eigenvalue weighted by molar-refractivity contribution is 5.51. The summed E-state index contributed by atoms with van der Waals surface area (Å²) in [7, 11) is 3.73. The summed E-state index contributed by atoms with van der Waals surface area (Å²) in [5, 5.41) is 10.8. The van der Waals surface area contributed by atoms with E-state index in [1.54, 1.807) is 29.2 Å². The van der Waals surface area contributed by atoms with Crippen molar-refractivity contribution in [1.82, 2.24) is 19.9 Å². The summed E-state index contributed by atoms with van der Waals surface area (Å²) in [4.78, 5) is 29.7. The third-order valence-corrected chi connectivity index (χ3v) is 4.72. The lowest BCUT2D eigenvalue weighted by Gasteiger charge is -2.38. The molecule has 0 saturated carbocycles. The molecule has 10 heteroatoms. The lowest BCUT2D eigenvalue weighted by atomic mass is 10.2. The molecule has 1 aromatic heterocycles. The number of nitro groups is 1. The molecule has 0 aliphatic carbocycles. The van der Waals surface area contributed by atoms with Crippen LogP contribution in [0.5, 0.6) is 0 Å². The van der Waals surface area contributed by atoms with Crippen LogP contribution in [0.3, 0.4) is 0 Å². The fraction of sp³-hybridized carbons (Fsp3) is 0.471. The van der Waals surface area contributed by atoms with Crippen LogP contribution in [0.1, 0.15) is 18.8 Å². The zero-order valence-corrected chi connectivity index (χ0v) is 15.7. The summed E-state index contributed by atoms with van der Waals surface area (Å²) in [6, 6.07) is 6.70. The number of rotatable bonds is 5. The molecule has 27 heavy (non-hydrogen) atoms. The maximum Gasteiger partial charge on any atom is 0.269 e. The first-order valence-corrected chi connectivity index (χ1v) is 8.77. The molecule has 0 radical (unpaired) electrons. The monoisotopic (exact) mass is 372 g/mol. The van der Waals surface area contributed by atoms with Crippen LogP contribution in [-0.4, -0.2) is 65.0 Å². The molecule has 3 rings (SSSR count). The van der Waals surface area contributed by atoms with Crippen molar-refractivity contribution in [3.05, 3.63) is 40.2 Å². The van der Waals surface area contributed by atoms with Crippen molar-refractivity contribution in [2.45, 2.75) is 13.0 Å². The van der Waals surface area contributed by atoms with Crippen LogP contribution in [0.25, 0.3) is 0 Å². The van der Waals surface area contributed by atoms with Crippen LogP contribution < -0.4 is 15.5 Å². The van der Waals surface area contributed by atoms with E-state index in [-0.39, 0.29) is 22.6 Å². The van der Waals surface area contributed by atoms with E-state index in [2.05, 4.69) is 31.7 Å². The Bertz CT molecular complexity index is 803. The first kappa shape index (κ1) is 18.8. The average molecular weight is 372 g/mol. The van der Waals surface area contributed by atoms with Crippen LogP contribution in [0.15, 0.2) is 24.3 Å². The Labute approximate surface area is 157 Å². The molecule has 1 aromatic carbocycles. The lowest BCUT2D eigenvalue weighted by molar-refractivity contribution is -0.384. The minimum absolute atomic E-state index is 0.0213. The molecule has 1 aliphatic rings. The maximum absolute atomic E-state index is 10.8. The van der Waals surface area contributed by atoms with Crippen LogP contribution >= 0.6 is 0 Å². The molecule has 2 heterocycles. The number of nitrogens with two attached hydrogens (primary N) is 1. The molecule has 1 unspecified atom stereocenters. The second kappa shape index (κ2) is 7.70. The fourth-order valence-electron chi connectivity index (χ4n) is 3.10. The second-order valence-electron chi connectivity index (χ2n) is 6.72. The normalized spacial score (nSPS) is 16.2. The van der Waals surface area contributed by atoms with Crippen molar-refractivity contribution in [3.8, 4) is 0 Å². The number of non-ortho nitro benzene ring substituents is 1. The Morgan fingerprint density at radius 1 is 1.11 bits per heavy atom. The third kappa shape index (κ3) is 4.22. The van der Waals surface area contributed by atoms with Gasteiger partial charge in [0.05, 0.1) is 11.0 Å². The Balaban J connectivity index is 1.65. The summed E-state index contributed by atoms with van der Waals surface area (Å²) in [6.07, 6.45) is 0. The van der Waals surface area contributed by atoms with Gasteiger partial charge in [-0.15, -0.1) is 0 Å². The molecule has 2 aromatic rings. The van der Waals surface area contributed by atoms with Gasteiger partial charge in [-0.1, -0.05) is 0 Å². The molecule has 0 spiro atoms. The number of piperazine rings is 1.